The minimum atomic E-state index is -1.11. The first-order chi connectivity index (χ1) is 12.7. The lowest BCUT2D eigenvalue weighted by atomic mass is 10.1. The molecule has 27 heavy (non-hydrogen) atoms. The molecule has 0 aliphatic carbocycles. The average molecular weight is 413 g/mol. The topological polar surface area (TPSA) is 97.5 Å². The van der Waals surface area contributed by atoms with Crippen molar-refractivity contribution in [3.8, 4) is 0 Å². The molecule has 0 bridgehead atoms. The van der Waals surface area contributed by atoms with E-state index in [9.17, 15) is 14.4 Å². The summed E-state index contributed by atoms with van der Waals surface area (Å²) in [5.74, 6) is -1.92. The van der Waals surface area contributed by atoms with Gasteiger partial charge in [-0.05, 0) is 38.5 Å². The van der Waals surface area contributed by atoms with Gasteiger partial charge in [0, 0.05) is 5.69 Å². The highest BCUT2D eigenvalue weighted by molar-refractivity contribution is 6.44. The molecular weight excluding hydrogens is 395 g/mol. The number of rotatable bonds is 5. The van der Waals surface area contributed by atoms with Gasteiger partial charge in [-0.2, -0.15) is 0 Å². The third kappa shape index (κ3) is 4.43. The van der Waals surface area contributed by atoms with Crippen LogP contribution in [-0.2, 0) is 14.3 Å². The van der Waals surface area contributed by atoms with E-state index in [1.165, 1.54) is 14.0 Å². The van der Waals surface area contributed by atoms with E-state index in [0.29, 0.717) is 16.9 Å². The first-order valence-electron chi connectivity index (χ1n) is 7.90. The number of nitrogens with one attached hydrogen (secondary N) is 2. The largest absolute Gasteiger partial charge is 0.465 e. The molecule has 0 spiro atoms. The molecule has 1 atom stereocenters. The van der Waals surface area contributed by atoms with Crippen molar-refractivity contribution < 1.29 is 23.9 Å². The Morgan fingerprint density at radius 3 is 2.44 bits per heavy atom. The summed E-state index contributed by atoms with van der Waals surface area (Å²) in [6, 6.07) is 4.78. The second kappa shape index (κ2) is 8.45. The number of benzene rings is 1. The summed E-state index contributed by atoms with van der Waals surface area (Å²) in [5, 5.41) is 3.02. The number of H-pyrrole nitrogens is 1. The van der Waals surface area contributed by atoms with Crippen LogP contribution in [0.4, 0.5) is 5.69 Å². The monoisotopic (exact) mass is 412 g/mol. The summed E-state index contributed by atoms with van der Waals surface area (Å²) in [4.78, 5) is 39.3. The van der Waals surface area contributed by atoms with Gasteiger partial charge in [0.05, 0.1) is 28.4 Å². The third-order valence-corrected chi connectivity index (χ3v) is 4.71. The van der Waals surface area contributed by atoms with Crippen LogP contribution in [0.1, 0.15) is 39.0 Å². The minimum absolute atomic E-state index is 0.0772. The molecule has 144 valence electrons. The zero-order valence-electron chi connectivity index (χ0n) is 15.1. The molecule has 0 fully saturated rings. The Balaban J connectivity index is 2.12. The van der Waals surface area contributed by atoms with Crippen LogP contribution in [-0.4, -0.2) is 36.0 Å². The van der Waals surface area contributed by atoms with Gasteiger partial charge in [0.1, 0.15) is 5.69 Å². The number of methoxy groups -OCH3 is 1. The van der Waals surface area contributed by atoms with Crippen molar-refractivity contribution in [3.63, 3.8) is 0 Å². The Morgan fingerprint density at radius 1 is 1.15 bits per heavy atom. The maximum absolute atomic E-state index is 12.4. The van der Waals surface area contributed by atoms with Crippen molar-refractivity contribution in [2.24, 2.45) is 0 Å². The number of hydrogen-bond donors (Lipinski definition) is 2. The SMILES string of the molecule is COC(=O)c1c(C)[nH]c(C(=O)OC(C)C(=O)Nc2cccc(Cl)c2Cl)c1C. The first kappa shape index (κ1) is 20.8. The number of carbonyl (C=O) groups is 3. The summed E-state index contributed by atoms with van der Waals surface area (Å²) < 4.78 is 9.89. The zero-order chi connectivity index (χ0) is 20.3. The van der Waals surface area contributed by atoms with Crippen LogP contribution < -0.4 is 5.32 Å². The molecule has 2 aromatic rings. The lowest BCUT2D eigenvalue weighted by Gasteiger charge is -2.14. The Labute approximate surface area is 165 Å². The molecule has 0 saturated carbocycles. The molecule has 1 aromatic heterocycles. The molecule has 0 aliphatic rings. The second-order valence-electron chi connectivity index (χ2n) is 5.75. The average Bonchev–Trinajstić information content (AvgIpc) is 2.92. The Morgan fingerprint density at radius 2 is 1.81 bits per heavy atom. The van der Waals surface area contributed by atoms with Crippen molar-refractivity contribution in [3.05, 3.63) is 50.8 Å². The Hall–Kier alpha value is -2.51. The van der Waals surface area contributed by atoms with Crippen LogP contribution in [0.5, 0.6) is 0 Å². The van der Waals surface area contributed by atoms with Gasteiger partial charge in [0.2, 0.25) is 0 Å². The van der Waals surface area contributed by atoms with Gasteiger partial charge < -0.3 is 19.8 Å². The number of aromatic amines is 1. The van der Waals surface area contributed by atoms with Crippen LogP contribution in [0, 0.1) is 13.8 Å². The van der Waals surface area contributed by atoms with Gasteiger partial charge in [-0.3, -0.25) is 4.79 Å². The fraction of sp³-hybridized carbons (Fsp3) is 0.278. The van der Waals surface area contributed by atoms with Crippen molar-refractivity contribution in [1.82, 2.24) is 4.98 Å². The molecule has 7 nitrogen and oxygen atoms in total. The van der Waals surface area contributed by atoms with E-state index in [1.807, 2.05) is 0 Å². The molecule has 1 aromatic carbocycles. The molecule has 0 saturated heterocycles. The fourth-order valence-electron chi connectivity index (χ4n) is 2.47. The predicted octanol–water partition coefficient (Wildman–Crippen LogP) is 3.91. The van der Waals surface area contributed by atoms with E-state index >= 15 is 0 Å². The quantitative estimate of drug-likeness (QED) is 0.725. The van der Waals surface area contributed by atoms with Crippen molar-refractivity contribution in [2.75, 3.05) is 12.4 Å². The van der Waals surface area contributed by atoms with Crippen molar-refractivity contribution >= 4 is 46.7 Å². The van der Waals surface area contributed by atoms with Gasteiger partial charge in [-0.15, -0.1) is 0 Å². The number of amides is 1. The highest BCUT2D eigenvalue weighted by Crippen LogP contribution is 2.29. The summed E-state index contributed by atoms with van der Waals surface area (Å²) in [7, 11) is 1.25. The number of aryl methyl sites for hydroxylation is 1. The number of anilines is 1. The zero-order valence-corrected chi connectivity index (χ0v) is 16.6. The number of halogens is 2. The van der Waals surface area contributed by atoms with Crippen molar-refractivity contribution in [2.45, 2.75) is 26.9 Å². The molecule has 0 radical (unpaired) electrons. The number of esters is 2. The standard InChI is InChI=1S/C18H18Cl2N2O5/c1-8-13(17(24)26-4)9(2)21-15(8)18(25)27-10(3)16(23)22-12-7-5-6-11(19)14(12)20/h5-7,10,21H,1-4H3,(H,22,23). The number of ether oxygens (including phenoxy) is 2. The lowest BCUT2D eigenvalue weighted by molar-refractivity contribution is -0.123. The van der Waals surface area contributed by atoms with Gasteiger partial charge in [-0.1, -0.05) is 29.3 Å². The molecular formula is C18H18Cl2N2O5. The normalized spacial score (nSPS) is 11.6. The predicted molar refractivity (Wildman–Crippen MR) is 102 cm³/mol. The molecule has 1 heterocycles. The molecule has 1 amide bonds. The summed E-state index contributed by atoms with van der Waals surface area (Å²) in [6.07, 6.45) is -1.11. The van der Waals surface area contributed by atoms with Gasteiger partial charge in [0.15, 0.2) is 6.10 Å². The number of aromatic nitrogens is 1. The first-order valence-corrected chi connectivity index (χ1v) is 8.66. The van der Waals surface area contributed by atoms with E-state index in [1.54, 1.807) is 32.0 Å². The molecule has 1 unspecified atom stereocenters. The van der Waals surface area contributed by atoms with E-state index in [2.05, 4.69) is 10.3 Å². The lowest BCUT2D eigenvalue weighted by Crippen LogP contribution is -2.30. The third-order valence-electron chi connectivity index (χ3n) is 3.89. The minimum Gasteiger partial charge on any atom is -0.465 e. The highest BCUT2D eigenvalue weighted by Gasteiger charge is 2.26. The van der Waals surface area contributed by atoms with E-state index < -0.39 is 23.9 Å². The molecule has 2 rings (SSSR count). The van der Waals surface area contributed by atoms with Crippen LogP contribution in [0.3, 0.4) is 0 Å². The van der Waals surface area contributed by atoms with Gasteiger partial charge in [-0.25, -0.2) is 9.59 Å². The Kier molecular flexibility index (Phi) is 6.51. The summed E-state index contributed by atoms with van der Waals surface area (Å²) in [6.45, 7) is 4.63. The van der Waals surface area contributed by atoms with Crippen LogP contribution in [0.15, 0.2) is 18.2 Å². The van der Waals surface area contributed by atoms with E-state index in [4.69, 9.17) is 32.7 Å². The van der Waals surface area contributed by atoms with E-state index in [0.717, 1.165) is 0 Å². The van der Waals surface area contributed by atoms with Crippen molar-refractivity contribution in [1.29, 1.82) is 0 Å². The smallest absolute Gasteiger partial charge is 0.355 e. The van der Waals surface area contributed by atoms with E-state index in [-0.39, 0.29) is 21.3 Å². The highest BCUT2D eigenvalue weighted by atomic mass is 35.5. The molecule has 0 aliphatic heterocycles. The van der Waals surface area contributed by atoms with Gasteiger partial charge >= 0.3 is 11.9 Å². The van der Waals surface area contributed by atoms with Crippen LogP contribution >= 0.6 is 23.2 Å². The van der Waals surface area contributed by atoms with Crippen LogP contribution in [0.25, 0.3) is 0 Å². The fourth-order valence-corrected chi connectivity index (χ4v) is 2.82. The molecule has 2 N–H and O–H groups in total. The second-order valence-corrected chi connectivity index (χ2v) is 6.54. The van der Waals surface area contributed by atoms with Gasteiger partial charge in [0.25, 0.3) is 5.91 Å². The maximum atomic E-state index is 12.4. The summed E-state index contributed by atoms with van der Waals surface area (Å²) >= 11 is 11.9. The maximum Gasteiger partial charge on any atom is 0.355 e. The molecule has 9 heteroatoms. The Bertz CT molecular complexity index is 907. The number of hydrogen-bond acceptors (Lipinski definition) is 5. The summed E-state index contributed by atoms with van der Waals surface area (Å²) in [5.41, 5.74) is 1.49. The number of carbonyl (C=O) groups excluding carboxylic acids is 3. The van der Waals surface area contributed by atoms with Crippen LogP contribution in [0.2, 0.25) is 10.0 Å².